The summed E-state index contributed by atoms with van der Waals surface area (Å²) in [6, 6.07) is 5.51. The van der Waals surface area contributed by atoms with Crippen molar-refractivity contribution in [2.45, 2.75) is 45.1 Å². The van der Waals surface area contributed by atoms with E-state index in [4.69, 9.17) is 4.74 Å². The Bertz CT molecular complexity index is 692. The number of ether oxygens (including phenoxy) is 1. The maximum Gasteiger partial charge on any atom is 0.338 e. The molecule has 0 saturated heterocycles. The third-order valence-corrected chi connectivity index (χ3v) is 4.87. The van der Waals surface area contributed by atoms with Crippen LogP contribution >= 0.6 is 0 Å². The van der Waals surface area contributed by atoms with E-state index in [1.54, 1.807) is 25.1 Å². The first-order valence-corrected chi connectivity index (χ1v) is 8.79. The van der Waals surface area contributed by atoms with Gasteiger partial charge in [-0.15, -0.1) is 0 Å². The zero-order valence-corrected chi connectivity index (χ0v) is 14.4. The van der Waals surface area contributed by atoms with Gasteiger partial charge in [-0.25, -0.2) is 9.59 Å². The third kappa shape index (κ3) is 4.13. The van der Waals surface area contributed by atoms with E-state index in [2.05, 4.69) is 10.6 Å². The van der Waals surface area contributed by atoms with E-state index in [1.165, 1.54) is 25.3 Å². The number of phenols is 1. The number of phenolic OH excluding ortho intramolecular Hbond substituents is 1. The molecule has 1 atom stereocenters. The number of rotatable bonds is 4. The van der Waals surface area contributed by atoms with Crippen molar-refractivity contribution in [3.05, 3.63) is 41.1 Å². The lowest BCUT2D eigenvalue weighted by molar-refractivity contribution is -0.141. The number of carbonyl (C=O) groups excluding carboxylic acids is 2. The monoisotopic (exact) mass is 344 g/mol. The van der Waals surface area contributed by atoms with E-state index in [-0.39, 0.29) is 11.8 Å². The average Bonchev–Trinajstić information content (AvgIpc) is 2.60. The Hall–Kier alpha value is -2.50. The molecule has 134 valence electrons. The summed E-state index contributed by atoms with van der Waals surface area (Å²) >= 11 is 0. The van der Waals surface area contributed by atoms with Crippen molar-refractivity contribution in [2.24, 2.45) is 5.92 Å². The van der Waals surface area contributed by atoms with Crippen LogP contribution in [0.2, 0.25) is 0 Å². The standard InChI is InChI=1S/C19H24N2O4/c1-12-16(18(23)25-11-13-6-3-2-4-7-13)17(21-19(24)20-12)14-8-5-9-15(22)10-14/h5,8-10,13,17,22H,2-4,6-7,11H2,1H3,(H2,20,21,24)/t17-/m0/s1. The van der Waals surface area contributed by atoms with Gasteiger partial charge < -0.3 is 20.5 Å². The second-order valence-electron chi connectivity index (χ2n) is 6.77. The summed E-state index contributed by atoms with van der Waals surface area (Å²) in [7, 11) is 0. The zero-order valence-electron chi connectivity index (χ0n) is 14.4. The van der Waals surface area contributed by atoms with Crippen molar-refractivity contribution in [2.75, 3.05) is 6.61 Å². The molecule has 2 amide bonds. The van der Waals surface area contributed by atoms with Gasteiger partial charge in [-0.05, 0) is 43.4 Å². The van der Waals surface area contributed by atoms with Crippen LogP contribution < -0.4 is 10.6 Å². The van der Waals surface area contributed by atoms with Gasteiger partial charge in [-0.3, -0.25) is 0 Å². The van der Waals surface area contributed by atoms with Gasteiger partial charge in [0.2, 0.25) is 0 Å². The van der Waals surface area contributed by atoms with Crippen molar-refractivity contribution in [1.82, 2.24) is 10.6 Å². The van der Waals surface area contributed by atoms with Gasteiger partial charge in [-0.1, -0.05) is 31.4 Å². The predicted octanol–water partition coefficient (Wildman–Crippen LogP) is 3.14. The Morgan fingerprint density at radius 2 is 2.04 bits per heavy atom. The first-order valence-electron chi connectivity index (χ1n) is 8.79. The van der Waals surface area contributed by atoms with E-state index in [9.17, 15) is 14.7 Å². The molecule has 0 aromatic heterocycles. The number of allylic oxidation sites excluding steroid dienone is 1. The highest BCUT2D eigenvalue weighted by Gasteiger charge is 2.32. The number of amides is 2. The van der Waals surface area contributed by atoms with Gasteiger partial charge in [0, 0.05) is 5.70 Å². The number of urea groups is 1. The molecule has 0 radical (unpaired) electrons. The van der Waals surface area contributed by atoms with Crippen molar-refractivity contribution in [3.8, 4) is 5.75 Å². The van der Waals surface area contributed by atoms with Crippen LogP contribution in [-0.2, 0) is 9.53 Å². The number of benzene rings is 1. The summed E-state index contributed by atoms with van der Waals surface area (Å²) in [5.41, 5.74) is 1.49. The van der Waals surface area contributed by atoms with Gasteiger partial charge >= 0.3 is 12.0 Å². The smallest absolute Gasteiger partial charge is 0.338 e. The van der Waals surface area contributed by atoms with Crippen molar-refractivity contribution >= 4 is 12.0 Å². The minimum atomic E-state index is -0.639. The molecule has 1 saturated carbocycles. The number of nitrogens with one attached hydrogen (secondary N) is 2. The fourth-order valence-electron chi connectivity index (χ4n) is 3.54. The molecule has 1 aromatic rings. The Kier molecular flexibility index (Phi) is 5.26. The average molecular weight is 344 g/mol. The fourth-order valence-corrected chi connectivity index (χ4v) is 3.54. The first kappa shape index (κ1) is 17.3. The van der Waals surface area contributed by atoms with Crippen LogP contribution in [0.1, 0.15) is 50.6 Å². The highest BCUT2D eigenvalue weighted by atomic mass is 16.5. The van der Waals surface area contributed by atoms with Crippen LogP contribution in [0, 0.1) is 5.92 Å². The summed E-state index contributed by atoms with van der Waals surface area (Å²) in [5.74, 6) is 0.0748. The van der Waals surface area contributed by atoms with Crippen LogP contribution in [0.15, 0.2) is 35.5 Å². The van der Waals surface area contributed by atoms with E-state index >= 15 is 0 Å². The lowest BCUT2D eigenvalue weighted by Crippen LogP contribution is -2.45. The second kappa shape index (κ2) is 7.59. The molecule has 1 heterocycles. The molecule has 0 bridgehead atoms. The maximum atomic E-state index is 12.7. The number of aromatic hydroxyl groups is 1. The molecule has 1 fully saturated rings. The number of esters is 1. The van der Waals surface area contributed by atoms with Gasteiger partial charge in [0.05, 0.1) is 18.2 Å². The van der Waals surface area contributed by atoms with Crippen molar-refractivity contribution in [3.63, 3.8) is 0 Å². The third-order valence-electron chi connectivity index (χ3n) is 4.87. The van der Waals surface area contributed by atoms with E-state index in [0.717, 1.165) is 12.8 Å². The molecule has 25 heavy (non-hydrogen) atoms. The molecule has 2 aliphatic rings. The van der Waals surface area contributed by atoms with Crippen LogP contribution in [0.3, 0.4) is 0 Å². The van der Waals surface area contributed by atoms with Gasteiger partial charge in [0.1, 0.15) is 5.75 Å². The largest absolute Gasteiger partial charge is 0.508 e. The van der Waals surface area contributed by atoms with E-state index in [1.807, 2.05) is 0 Å². The Morgan fingerprint density at radius 3 is 2.76 bits per heavy atom. The molecular formula is C19H24N2O4. The molecule has 1 aliphatic heterocycles. The molecule has 6 nitrogen and oxygen atoms in total. The van der Waals surface area contributed by atoms with Gasteiger partial charge in [0.15, 0.2) is 0 Å². The number of hydrogen-bond donors (Lipinski definition) is 3. The normalized spacial score (nSPS) is 21.5. The van der Waals surface area contributed by atoms with Crippen LogP contribution in [0.4, 0.5) is 4.79 Å². The van der Waals surface area contributed by atoms with Crippen molar-refractivity contribution < 1.29 is 19.4 Å². The SMILES string of the molecule is CC1=C(C(=O)OCC2CCCCC2)[C@H](c2cccc(O)c2)NC(=O)N1. The summed E-state index contributed by atoms with van der Waals surface area (Å²) in [4.78, 5) is 24.5. The molecule has 6 heteroatoms. The molecule has 3 rings (SSSR count). The highest BCUT2D eigenvalue weighted by Crippen LogP contribution is 2.30. The Morgan fingerprint density at radius 1 is 1.28 bits per heavy atom. The molecular weight excluding hydrogens is 320 g/mol. The first-order chi connectivity index (χ1) is 12.0. The molecule has 1 aromatic carbocycles. The minimum Gasteiger partial charge on any atom is -0.508 e. The Labute approximate surface area is 147 Å². The molecule has 0 spiro atoms. The molecule has 1 aliphatic carbocycles. The van der Waals surface area contributed by atoms with Crippen LogP contribution in [0.5, 0.6) is 5.75 Å². The maximum absolute atomic E-state index is 12.7. The summed E-state index contributed by atoms with van der Waals surface area (Å²) in [6.45, 7) is 2.10. The quantitative estimate of drug-likeness (QED) is 0.732. The summed E-state index contributed by atoms with van der Waals surface area (Å²) in [6.07, 6.45) is 5.82. The van der Waals surface area contributed by atoms with Crippen molar-refractivity contribution in [1.29, 1.82) is 0 Å². The number of hydrogen-bond acceptors (Lipinski definition) is 4. The van der Waals surface area contributed by atoms with Crippen LogP contribution in [-0.4, -0.2) is 23.7 Å². The lowest BCUT2D eigenvalue weighted by atomic mass is 9.90. The highest BCUT2D eigenvalue weighted by molar-refractivity contribution is 5.95. The minimum absolute atomic E-state index is 0.0813. The van der Waals surface area contributed by atoms with Gasteiger partial charge in [0.25, 0.3) is 0 Å². The Balaban J connectivity index is 1.78. The molecule has 3 N–H and O–H groups in total. The van der Waals surface area contributed by atoms with E-state index < -0.39 is 12.0 Å². The fraction of sp³-hybridized carbons (Fsp3) is 0.474. The van der Waals surface area contributed by atoms with Crippen LogP contribution in [0.25, 0.3) is 0 Å². The zero-order chi connectivity index (χ0) is 17.8. The lowest BCUT2D eigenvalue weighted by Gasteiger charge is -2.29. The number of carbonyl (C=O) groups is 2. The summed E-state index contributed by atoms with van der Waals surface area (Å²) in [5, 5.41) is 15.1. The molecule has 0 unspecified atom stereocenters. The summed E-state index contributed by atoms with van der Waals surface area (Å²) < 4.78 is 5.56. The second-order valence-corrected chi connectivity index (χ2v) is 6.77. The van der Waals surface area contributed by atoms with E-state index in [0.29, 0.717) is 29.4 Å². The topological polar surface area (TPSA) is 87.7 Å². The predicted molar refractivity (Wildman–Crippen MR) is 92.7 cm³/mol. The van der Waals surface area contributed by atoms with Gasteiger partial charge in [-0.2, -0.15) is 0 Å².